The van der Waals surface area contributed by atoms with E-state index in [1.54, 1.807) is 0 Å². The summed E-state index contributed by atoms with van der Waals surface area (Å²) in [6, 6.07) is 8.25. The minimum absolute atomic E-state index is 0.326. The molecule has 3 heteroatoms. The van der Waals surface area contributed by atoms with Crippen LogP contribution in [-0.4, -0.2) is 6.29 Å². The predicted molar refractivity (Wildman–Crippen MR) is 83.7 cm³/mol. The summed E-state index contributed by atoms with van der Waals surface area (Å²) >= 11 is 3.72. The van der Waals surface area contributed by atoms with Crippen LogP contribution in [0.5, 0.6) is 5.75 Å². The number of unbranched alkanes of at least 4 members (excludes halogenated alkanes) is 5. The Morgan fingerprint density at radius 2 is 1.63 bits per heavy atom. The molecular weight excluding hydrogens is 256 g/mol. The summed E-state index contributed by atoms with van der Waals surface area (Å²) < 4.78 is 10.3. The second-order valence-corrected chi connectivity index (χ2v) is 5.16. The van der Waals surface area contributed by atoms with Crippen LogP contribution in [0.15, 0.2) is 24.3 Å². The van der Waals surface area contributed by atoms with E-state index in [9.17, 15) is 0 Å². The standard InChI is InChI=1S/C16H26O2S/c1-3-4-5-6-7-8-9-15-10-12-16(13-11-15)17-14(2)18-19/h10-14,19H,3-9H2,1-2H3. The van der Waals surface area contributed by atoms with Gasteiger partial charge in [-0.3, -0.25) is 4.18 Å². The first kappa shape index (κ1) is 16.4. The lowest BCUT2D eigenvalue weighted by atomic mass is 10.0. The second kappa shape index (κ2) is 10.2. The van der Waals surface area contributed by atoms with Crippen LogP contribution < -0.4 is 4.74 Å². The molecule has 0 N–H and O–H groups in total. The van der Waals surface area contributed by atoms with Crippen LogP contribution in [0.25, 0.3) is 0 Å². The Hall–Kier alpha value is -0.670. The molecule has 1 aromatic carbocycles. The smallest absolute Gasteiger partial charge is 0.209 e. The lowest BCUT2D eigenvalue weighted by molar-refractivity contribution is 0.0430. The van der Waals surface area contributed by atoms with Gasteiger partial charge in [0.1, 0.15) is 5.75 Å². The fourth-order valence-electron chi connectivity index (χ4n) is 2.06. The van der Waals surface area contributed by atoms with Gasteiger partial charge in [0, 0.05) is 0 Å². The normalized spacial score (nSPS) is 12.4. The maximum atomic E-state index is 5.49. The Bertz CT molecular complexity index is 324. The van der Waals surface area contributed by atoms with Crippen molar-refractivity contribution in [1.82, 2.24) is 0 Å². The van der Waals surface area contributed by atoms with Crippen LogP contribution in [0, 0.1) is 0 Å². The van der Waals surface area contributed by atoms with Gasteiger partial charge in [0.05, 0.1) is 0 Å². The molecule has 19 heavy (non-hydrogen) atoms. The van der Waals surface area contributed by atoms with Gasteiger partial charge in [-0.1, -0.05) is 51.2 Å². The number of ether oxygens (including phenoxy) is 1. The molecular formula is C16H26O2S. The zero-order chi connectivity index (χ0) is 13.9. The van der Waals surface area contributed by atoms with E-state index >= 15 is 0 Å². The number of hydrogen-bond donors (Lipinski definition) is 1. The molecule has 0 saturated carbocycles. The Morgan fingerprint density at radius 1 is 1.00 bits per heavy atom. The van der Waals surface area contributed by atoms with Gasteiger partial charge in [0.15, 0.2) is 0 Å². The van der Waals surface area contributed by atoms with Crippen LogP contribution in [-0.2, 0) is 10.6 Å². The molecule has 1 atom stereocenters. The Morgan fingerprint density at radius 3 is 2.26 bits per heavy atom. The maximum absolute atomic E-state index is 5.49. The molecule has 1 rings (SSSR count). The molecule has 0 aliphatic carbocycles. The van der Waals surface area contributed by atoms with Crippen molar-refractivity contribution in [3.63, 3.8) is 0 Å². The molecule has 0 bridgehead atoms. The third-order valence-electron chi connectivity index (χ3n) is 3.19. The van der Waals surface area contributed by atoms with Crippen molar-refractivity contribution in [3.8, 4) is 5.75 Å². The van der Waals surface area contributed by atoms with E-state index in [4.69, 9.17) is 8.92 Å². The molecule has 0 fully saturated rings. The van der Waals surface area contributed by atoms with Crippen LogP contribution in [0.1, 0.15) is 57.9 Å². The largest absolute Gasteiger partial charge is 0.464 e. The monoisotopic (exact) mass is 282 g/mol. The van der Waals surface area contributed by atoms with Gasteiger partial charge in [-0.15, -0.1) is 0 Å². The van der Waals surface area contributed by atoms with E-state index in [1.165, 1.54) is 44.1 Å². The first-order valence-corrected chi connectivity index (χ1v) is 7.68. The van der Waals surface area contributed by atoms with Gasteiger partial charge in [-0.2, -0.15) is 0 Å². The van der Waals surface area contributed by atoms with Crippen molar-refractivity contribution in [2.24, 2.45) is 0 Å². The van der Waals surface area contributed by atoms with Gasteiger partial charge in [-0.25, -0.2) is 0 Å². The first-order chi connectivity index (χ1) is 9.26. The summed E-state index contributed by atoms with van der Waals surface area (Å²) in [5, 5.41) is 0. The number of aryl methyl sites for hydroxylation is 1. The van der Waals surface area contributed by atoms with E-state index in [0.717, 1.165) is 12.2 Å². The van der Waals surface area contributed by atoms with Crippen LogP contribution in [0.4, 0.5) is 0 Å². The van der Waals surface area contributed by atoms with Crippen LogP contribution in [0.2, 0.25) is 0 Å². The zero-order valence-electron chi connectivity index (χ0n) is 12.1. The van der Waals surface area contributed by atoms with Gasteiger partial charge in [0.2, 0.25) is 6.29 Å². The molecule has 1 unspecified atom stereocenters. The molecule has 0 spiro atoms. The quantitative estimate of drug-likeness (QED) is 0.276. The number of benzene rings is 1. The van der Waals surface area contributed by atoms with Crippen molar-refractivity contribution in [3.05, 3.63) is 29.8 Å². The van der Waals surface area contributed by atoms with Crippen molar-refractivity contribution in [2.75, 3.05) is 0 Å². The van der Waals surface area contributed by atoms with E-state index in [-0.39, 0.29) is 6.29 Å². The van der Waals surface area contributed by atoms with Gasteiger partial charge < -0.3 is 4.74 Å². The Balaban J connectivity index is 2.21. The molecule has 108 valence electrons. The summed E-state index contributed by atoms with van der Waals surface area (Å²) in [5.74, 6) is 0.827. The van der Waals surface area contributed by atoms with Gasteiger partial charge >= 0.3 is 0 Å². The Kier molecular flexibility index (Phi) is 8.76. The molecule has 0 amide bonds. The van der Waals surface area contributed by atoms with Crippen molar-refractivity contribution >= 4 is 12.9 Å². The lowest BCUT2D eigenvalue weighted by Gasteiger charge is -2.11. The highest BCUT2D eigenvalue weighted by atomic mass is 32.1. The molecule has 0 aromatic heterocycles. The highest BCUT2D eigenvalue weighted by Crippen LogP contribution is 2.16. The summed E-state index contributed by atoms with van der Waals surface area (Å²) in [6.07, 6.45) is 8.88. The maximum Gasteiger partial charge on any atom is 0.209 e. The number of thiol groups is 1. The molecule has 2 nitrogen and oxygen atoms in total. The van der Waals surface area contributed by atoms with Gasteiger partial charge in [0.25, 0.3) is 0 Å². The molecule has 1 aromatic rings. The molecule has 0 aliphatic rings. The minimum atomic E-state index is -0.326. The van der Waals surface area contributed by atoms with E-state index in [2.05, 4.69) is 32.0 Å². The molecule has 0 saturated heterocycles. The fraction of sp³-hybridized carbons (Fsp3) is 0.625. The topological polar surface area (TPSA) is 18.5 Å². The zero-order valence-corrected chi connectivity index (χ0v) is 13.0. The highest BCUT2D eigenvalue weighted by Gasteiger charge is 2.02. The van der Waals surface area contributed by atoms with E-state index in [0.29, 0.717) is 0 Å². The highest BCUT2D eigenvalue weighted by molar-refractivity contribution is 7.75. The summed E-state index contributed by atoms with van der Waals surface area (Å²) in [4.78, 5) is 0. The first-order valence-electron chi connectivity index (χ1n) is 7.32. The third kappa shape index (κ3) is 7.48. The van der Waals surface area contributed by atoms with Crippen molar-refractivity contribution < 1.29 is 8.92 Å². The predicted octanol–water partition coefficient (Wildman–Crippen LogP) is 5.18. The second-order valence-electron chi connectivity index (χ2n) is 4.95. The number of rotatable bonds is 10. The van der Waals surface area contributed by atoms with Crippen LogP contribution in [0.3, 0.4) is 0 Å². The molecule has 0 aliphatic heterocycles. The van der Waals surface area contributed by atoms with Crippen molar-refractivity contribution in [2.45, 2.75) is 65.1 Å². The average Bonchev–Trinajstić information content (AvgIpc) is 2.44. The van der Waals surface area contributed by atoms with Crippen molar-refractivity contribution in [1.29, 1.82) is 0 Å². The fourth-order valence-corrected chi connectivity index (χ4v) is 2.10. The van der Waals surface area contributed by atoms with E-state index < -0.39 is 0 Å². The average molecular weight is 282 g/mol. The third-order valence-corrected chi connectivity index (χ3v) is 3.49. The molecule has 0 heterocycles. The summed E-state index contributed by atoms with van der Waals surface area (Å²) in [7, 11) is 0. The Labute approximate surface area is 123 Å². The summed E-state index contributed by atoms with van der Waals surface area (Å²) in [6.45, 7) is 4.07. The minimum Gasteiger partial charge on any atom is -0.464 e. The van der Waals surface area contributed by atoms with Crippen LogP contribution >= 0.6 is 12.9 Å². The number of hydrogen-bond acceptors (Lipinski definition) is 3. The SMILES string of the molecule is CCCCCCCCc1ccc(OC(C)OS)cc1. The summed E-state index contributed by atoms with van der Waals surface area (Å²) in [5.41, 5.74) is 1.38. The van der Waals surface area contributed by atoms with E-state index in [1.807, 2.05) is 19.1 Å². The molecule has 0 radical (unpaired) electrons. The lowest BCUT2D eigenvalue weighted by Crippen LogP contribution is -2.11. The van der Waals surface area contributed by atoms with Gasteiger partial charge in [-0.05, 0) is 50.4 Å².